The number of carbonyl (C=O) groups excluding carboxylic acids is 2. The minimum absolute atomic E-state index is 0.0223. The van der Waals surface area contributed by atoms with Crippen LogP contribution in [0.4, 0.5) is 15.8 Å². The second kappa shape index (κ2) is 6.20. The first-order valence-electron chi connectivity index (χ1n) is 7.52. The molecule has 2 aromatic carbocycles. The number of nitrogens with one attached hydrogen (secondary N) is 1. The lowest BCUT2D eigenvalue weighted by molar-refractivity contribution is -0.116. The molecule has 0 fully saturated rings. The Labute approximate surface area is 133 Å². The predicted molar refractivity (Wildman–Crippen MR) is 87.1 cm³/mol. The van der Waals surface area contributed by atoms with Crippen molar-refractivity contribution in [3.63, 3.8) is 0 Å². The van der Waals surface area contributed by atoms with Crippen molar-refractivity contribution in [2.24, 2.45) is 0 Å². The summed E-state index contributed by atoms with van der Waals surface area (Å²) in [5.41, 5.74) is 3.02. The van der Waals surface area contributed by atoms with Crippen molar-refractivity contribution in [1.29, 1.82) is 0 Å². The average molecular weight is 312 g/mol. The maximum atomic E-state index is 12.9. The number of hydrogen-bond acceptors (Lipinski definition) is 2. The van der Waals surface area contributed by atoms with Crippen LogP contribution in [0, 0.1) is 5.82 Å². The van der Waals surface area contributed by atoms with Gasteiger partial charge in [-0.2, -0.15) is 0 Å². The van der Waals surface area contributed by atoms with Crippen molar-refractivity contribution in [3.8, 4) is 0 Å². The maximum absolute atomic E-state index is 12.9. The molecule has 0 saturated heterocycles. The second-order valence-electron chi connectivity index (χ2n) is 5.58. The third-order valence-corrected chi connectivity index (χ3v) is 3.94. The number of rotatable bonds is 2. The number of benzene rings is 2. The van der Waals surface area contributed by atoms with E-state index in [9.17, 15) is 14.0 Å². The Kier molecular flexibility index (Phi) is 4.10. The first-order valence-corrected chi connectivity index (χ1v) is 7.52. The Bertz CT molecular complexity index is 756. The van der Waals surface area contributed by atoms with Crippen molar-refractivity contribution in [2.45, 2.75) is 19.8 Å². The van der Waals surface area contributed by atoms with Crippen LogP contribution in [-0.4, -0.2) is 18.4 Å². The molecule has 5 heteroatoms. The van der Waals surface area contributed by atoms with Crippen LogP contribution in [0.1, 0.15) is 29.3 Å². The zero-order valence-corrected chi connectivity index (χ0v) is 12.8. The van der Waals surface area contributed by atoms with Crippen LogP contribution >= 0.6 is 0 Å². The predicted octanol–water partition coefficient (Wildman–Crippen LogP) is 3.38. The Hall–Kier alpha value is -2.69. The molecule has 0 aromatic heterocycles. The minimum Gasteiger partial charge on any atom is -0.322 e. The van der Waals surface area contributed by atoms with Crippen LogP contribution in [0.25, 0.3) is 0 Å². The van der Waals surface area contributed by atoms with Crippen molar-refractivity contribution in [1.82, 2.24) is 0 Å². The van der Waals surface area contributed by atoms with Crippen molar-refractivity contribution < 1.29 is 14.0 Å². The van der Waals surface area contributed by atoms with E-state index in [1.165, 1.54) is 24.3 Å². The van der Waals surface area contributed by atoms with E-state index in [-0.39, 0.29) is 17.6 Å². The fraction of sp³-hybridized carbons (Fsp3) is 0.222. The molecule has 0 atom stereocenters. The number of halogens is 1. The highest BCUT2D eigenvalue weighted by Gasteiger charge is 2.20. The molecule has 1 N–H and O–H groups in total. The lowest BCUT2D eigenvalue weighted by atomic mass is 10.0. The number of hydrogen-bond donors (Lipinski definition) is 1. The van der Waals surface area contributed by atoms with E-state index >= 15 is 0 Å². The van der Waals surface area contributed by atoms with Crippen LogP contribution in [0.3, 0.4) is 0 Å². The SMILES string of the molecule is CC(=O)N1CCCc2cc(NC(=O)c3ccc(F)cc3)ccc21. The van der Waals surface area contributed by atoms with Gasteiger partial charge >= 0.3 is 0 Å². The van der Waals surface area contributed by atoms with E-state index in [0.29, 0.717) is 11.3 Å². The molecule has 3 rings (SSSR count). The number of nitrogens with zero attached hydrogens (tertiary/aromatic N) is 1. The first-order chi connectivity index (χ1) is 11.0. The van der Waals surface area contributed by atoms with Gasteiger partial charge in [-0.15, -0.1) is 0 Å². The molecule has 1 aliphatic rings. The topological polar surface area (TPSA) is 49.4 Å². The van der Waals surface area contributed by atoms with Gasteiger partial charge in [0.05, 0.1) is 0 Å². The van der Waals surface area contributed by atoms with Crippen LogP contribution in [0.15, 0.2) is 42.5 Å². The molecule has 0 saturated carbocycles. The molecular formula is C18H17FN2O2. The van der Waals surface area contributed by atoms with Gasteiger partial charge in [0, 0.05) is 30.4 Å². The molecule has 2 amide bonds. The normalized spacial score (nSPS) is 13.4. The second-order valence-corrected chi connectivity index (χ2v) is 5.58. The standard InChI is InChI=1S/C18H17FN2O2/c1-12(22)21-10-2-3-14-11-16(8-9-17(14)21)20-18(23)13-4-6-15(19)7-5-13/h4-9,11H,2-3,10H2,1H3,(H,20,23). The van der Waals surface area contributed by atoms with Gasteiger partial charge in [0.2, 0.25) is 5.91 Å². The molecule has 23 heavy (non-hydrogen) atoms. The van der Waals surface area contributed by atoms with E-state index < -0.39 is 0 Å². The van der Waals surface area contributed by atoms with E-state index in [2.05, 4.69) is 5.32 Å². The summed E-state index contributed by atoms with van der Waals surface area (Å²) >= 11 is 0. The van der Waals surface area contributed by atoms with E-state index in [1.807, 2.05) is 12.1 Å². The van der Waals surface area contributed by atoms with Gasteiger partial charge in [-0.1, -0.05) is 0 Å². The smallest absolute Gasteiger partial charge is 0.255 e. The lowest BCUT2D eigenvalue weighted by Crippen LogP contribution is -2.33. The summed E-state index contributed by atoms with van der Waals surface area (Å²) in [5.74, 6) is -0.641. The van der Waals surface area contributed by atoms with Gasteiger partial charge in [-0.25, -0.2) is 4.39 Å². The quantitative estimate of drug-likeness (QED) is 0.924. The van der Waals surface area contributed by atoms with Crippen LogP contribution in [-0.2, 0) is 11.2 Å². The summed E-state index contributed by atoms with van der Waals surface area (Å²) in [6.45, 7) is 2.28. The fourth-order valence-corrected chi connectivity index (χ4v) is 2.81. The van der Waals surface area contributed by atoms with E-state index in [0.717, 1.165) is 30.6 Å². The van der Waals surface area contributed by atoms with Crippen molar-refractivity contribution in [2.75, 3.05) is 16.8 Å². The van der Waals surface area contributed by atoms with Crippen LogP contribution in [0.2, 0.25) is 0 Å². The highest BCUT2D eigenvalue weighted by atomic mass is 19.1. The highest BCUT2D eigenvalue weighted by molar-refractivity contribution is 6.04. The van der Waals surface area contributed by atoms with E-state index in [1.54, 1.807) is 17.9 Å². The van der Waals surface area contributed by atoms with Gasteiger partial charge in [0.1, 0.15) is 5.82 Å². The zero-order valence-electron chi connectivity index (χ0n) is 12.8. The molecule has 2 aromatic rings. The van der Waals surface area contributed by atoms with Crippen molar-refractivity contribution in [3.05, 3.63) is 59.4 Å². The van der Waals surface area contributed by atoms with E-state index in [4.69, 9.17) is 0 Å². The number of amides is 2. The number of fused-ring (bicyclic) bond motifs is 1. The molecule has 0 radical (unpaired) electrons. The molecule has 0 spiro atoms. The summed E-state index contributed by atoms with van der Waals surface area (Å²) in [6, 6.07) is 10.9. The summed E-state index contributed by atoms with van der Waals surface area (Å²) in [7, 11) is 0. The molecule has 1 heterocycles. The Morgan fingerprint density at radius 2 is 1.87 bits per heavy atom. The number of anilines is 2. The zero-order chi connectivity index (χ0) is 16.4. The molecule has 118 valence electrons. The Morgan fingerprint density at radius 3 is 2.57 bits per heavy atom. The van der Waals surface area contributed by atoms with Crippen molar-refractivity contribution >= 4 is 23.2 Å². The van der Waals surface area contributed by atoms with Gasteiger partial charge in [-0.3, -0.25) is 9.59 Å². The van der Waals surface area contributed by atoms with Crippen LogP contribution in [0.5, 0.6) is 0 Å². The first kappa shape index (κ1) is 15.2. The largest absolute Gasteiger partial charge is 0.322 e. The number of carbonyl (C=O) groups is 2. The van der Waals surface area contributed by atoms with Gasteiger partial charge < -0.3 is 10.2 Å². The molecule has 1 aliphatic heterocycles. The van der Waals surface area contributed by atoms with Gasteiger partial charge in [0.25, 0.3) is 5.91 Å². The molecule has 0 bridgehead atoms. The number of aryl methyl sites for hydroxylation is 1. The molecular weight excluding hydrogens is 295 g/mol. The third kappa shape index (κ3) is 3.23. The average Bonchev–Trinajstić information content (AvgIpc) is 2.54. The fourth-order valence-electron chi connectivity index (χ4n) is 2.81. The maximum Gasteiger partial charge on any atom is 0.255 e. The summed E-state index contributed by atoms with van der Waals surface area (Å²) in [5, 5.41) is 2.81. The Morgan fingerprint density at radius 1 is 1.13 bits per heavy atom. The van der Waals surface area contributed by atoms with Gasteiger partial charge in [-0.05, 0) is 60.9 Å². The minimum atomic E-state index is -0.375. The monoisotopic (exact) mass is 312 g/mol. The molecule has 0 aliphatic carbocycles. The third-order valence-electron chi connectivity index (χ3n) is 3.94. The summed E-state index contributed by atoms with van der Waals surface area (Å²) in [6.07, 6.45) is 1.78. The lowest BCUT2D eigenvalue weighted by Gasteiger charge is -2.29. The Balaban J connectivity index is 1.81. The molecule has 0 unspecified atom stereocenters. The highest BCUT2D eigenvalue weighted by Crippen LogP contribution is 2.29. The summed E-state index contributed by atoms with van der Waals surface area (Å²) < 4.78 is 12.9. The van der Waals surface area contributed by atoms with Gasteiger partial charge in [0.15, 0.2) is 0 Å². The molecule has 4 nitrogen and oxygen atoms in total. The van der Waals surface area contributed by atoms with Crippen LogP contribution < -0.4 is 10.2 Å². The summed E-state index contributed by atoms with van der Waals surface area (Å²) in [4.78, 5) is 25.6.